The third-order valence-electron chi connectivity index (χ3n) is 6.11. The molecule has 0 radical (unpaired) electrons. The number of nitrogens with zero attached hydrogens (tertiary/aromatic N) is 3. The van der Waals surface area contributed by atoms with Gasteiger partial charge in [-0.15, -0.1) is 0 Å². The number of likely N-dealkylation sites (tertiary alicyclic amines) is 1. The first-order valence-electron chi connectivity index (χ1n) is 9.59. The van der Waals surface area contributed by atoms with E-state index in [9.17, 15) is 14.4 Å². The molecular weight excluding hydrogens is 390 g/mol. The lowest BCUT2D eigenvalue weighted by molar-refractivity contribution is -0.141. The third-order valence-corrected chi connectivity index (χ3v) is 6.44. The molecule has 0 unspecified atom stereocenters. The molecule has 2 aromatic carbocycles. The molecular formula is C22H18ClN3O3. The summed E-state index contributed by atoms with van der Waals surface area (Å²) in [6.45, 7) is 2.06. The Labute approximate surface area is 172 Å². The minimum Gasteiger partial charge on any atom is -0.292 e. The highest BCUT2D eigenvalue weighted by molar-refractivity contribution is 6.34. The number of ketones is 1. The molecule has 0 N–H and O–H groups in total. The molecule has 2 fully saturated rings. The number of benzene rings is 2. The van der Waals surface area contributed by atoms with Crippen molar-refractivity contribution in [3.8, 4) is 0 Å². The first kappa shape index (κ1) is 18.1. The number of halogens is 1. The maximum absolute atomic E-state index is 13.5. The van der Waals surface area contributed by atoms with Crippen LogP contribution >= 0.6 is 11.6 Å². The normalized spacial score (nSPS) is 27.1. The summed E-state index contributed by atoms with van der Waals surface area (Å²) in [6.07, 6.45) is 1.69. The second-order valence-corrected chi connectivity index (χ2v) is 7.87. The molecule has 2 amide bonds. The van der Waals surface area contributed by atoms with E-state index in [1.807, 2.05) is 24.3 Å². The average Bonchev–Trinajstić information content (AvgIpc) is 3.20. The van der Waals surface area contributed by atoms with E-state index in [0.29, 0.717) is 10.6 Å². The van der Waals surface area contributed by atoms with Crippen LogP contribution in [-0.2, 0) is 9.59 Å². The van der Waals surface area contributed by atoms with Crippen molar-refractivity contribution < 1.29 is 14.4 Å². The molecule has 29 heavy (non-hydrogen) atoms. The van der Waals surface area contributed by atoms with Gasteiger partial charge in [-0.25, -0.2) is 0 Å². The number of rotatable bonds is 3. The van der Waals surface area contributed by atoms with Gasteiger partial charge in [-0.3, -0.25) is 24.3 Å². The smallest absolute Gasteiger partial charge is 0.235 e. The van der Waals surface area contributed by atoms with Crippen molar-refractivity contribution >= 4 is 35.4 Å². The van der Waals surface area contributed by atoms with Gasteiger partial charge in [-0.1, -0.05) is 48.0 Å². The average molecular weight is 408 g/mol. The number of carbonyl (C=O) groups excluding carboxylic acids is 3. The van der Waals surface area contributed by atoms with Gasteiger partial charge in [0, 0.05) is 12.1 Å². The topological polar surface area (TPSA) is 70.1 Å². The number of hydrogen-bond donors (Lipinski definition) is 0. The molecule has 0 saturated carbocycles. The van der Waals surface area contributed by atoms with Crippen LogP contribution < -0.4 is 0 Å². The Morgan fingerprint density at radius 1 is 1.03 bits per heavy atom. The first-order valence-corrected chi connectivity index (χ1v) is 9.97. The number of hydrogen-bond acceptors (Lipinski definition) is 5. The molecule has 0 spiro atoms. The van der Waals surface area contributed by atoms with E-state index in [-0.39, 0.29) is 24.1 Å². The highest BCUT2D eigenvalue weighted by Gasteiger charge is 2.64. The Kier molecular flexibility index (Phi) is 4.06. The van der Waals surface area contributed by atoms with Gasteiger partial charge in [0.15, 0.2) is 5.78 Å². The Bertz CT molecular complexity index is 1080. The van der Waals surface area contributed by atoms with Crippen LogP contribution in [0.2, 0.25) is 5.02 Å². The number of carbonyl (C=O) groups is 3. The molecule has 5 rings (SSSR count). The van der Waals surface area contributed by atoms with Crippen LogP contribution in [0.25, 0.3) is 0 Å². The number of hydrazone groups is 1. The standard InChI is InChI=1S/C22H18ClN3O3/c1-2-25-21(28)16-17(22(25)29)19(20(27)14-9-5-6-10-15(14)23)26-18(16)13-8-4-3-7-12(13)11-24-26/h3-11,16-19H,2H2,1H3/t16-,17+,18+,19-/m0/s1. The molecule has 3 aliphatic heterocycles. The van der Waals surface area contributed by atoms with Gasteiger partial charge in [0.05, 0.1) is 29.1 Å². The summed E-state index contributed by atoms with van der Waals surface area (Å²) in [5, 5.41) is 6.48. The second-order valence-electron chi connectivity index (χ2n) is 7.46. The second kappa shape index (κ2) is 6.52. The predicted molar refractivity (Wildman–Crippen MR) is 108 cm³/mol. The van der Waals surface area contributed by atoms with Crippen molar-refractivity contribution in [2.45, 2.75) is 19.0 Å². The predicted octanol–water partition coefficient (Wildman–Crippen LogP) is 2.92. The Balaban J connectivity index is 1.68. The number of amides is 2. The number of imide groups is 1. The molecule has 4 atom stereocenters. The largest absolute Gasteiger partial charge is 0.292 e. The zero-order valence-electron chi connectivity index (χ0n) is 15.7. The fourth-order valence-corrected chi connectivity index (χ4v) is 5.09. The monoisotopic (exact) mass is 407 g/mol. The number of fused-ring (bicyclic) bond motifs is 5. The summed E-state index contributed by atoms with van der Waals surface area (Å²) < 4.78 is 0. The van der Waals surface area contributed by atoms with Crippen LogP contribution in [0.1, 0.15) is 34.5 Å². The lowest BCUT2D eigenvalue weighted by Gasteiger charge is -2.33. The van der Waals surface area contributed by atoms with E-state index in [1.165, 1.54) is 4.90 Å². The lowest BCUT2D eigenvalue weighted by Crippen LogP contribution is -2.44. The molecule has 3 aliphatic rings. The van der Waals surface area contributed by atoms with E-state index < -0.39 is 23.9 Å². The SMILES string of the molecule is CCN1C(=O)[C@@H]2[C@H](C1=O)[C@H]1c3ccccc3C=NN1[C@@H]2C(=O)c1ccccc1Cl. The maximum atomic E-state index is 13.5. The summed E-state index contributed by atoms with van der Waals surface area (Å²) in [7, 11) is 0. The van der Waals surface area contributed by atoms with Crippen molar-refractivity contribution in [3.63, 3.8) is 0 Å². The van der Waals surface area contributed by atoms with Crippen LogP contribution in [0.5, 0.6) is 0 Å². The third kappa shape index (κ3) is 2.42. The zero-order chi connectivity index (χ0) is 20.3. The van der Waals surface area contributed by atoms with Crippen LogP contribution in [0, 0.1) is 11.8 Å². The molecule has 6 nitrogen and oxygen atoms in total. The fraction of sp³-hybridized carbons (Fsp3) is 0.273. The maximum Gasteiger partial charge on any atom is 0.235 e. The van der Waals surface area contributed by atoms with Gasteiger partial charge in [0.2, 0.25) is 11.8 Å². The molecule has 7 heteroatoms. The van der Waals surface area contributed by atoms with Crippen molar-refractivity contribution in [2.75, 3.05) is 6.54 Å². The first-order chi connectivity index (χ1) is 14.0. The molecule has 0 aliphatic carbocycles. The van der Waals surface area contributed by atoms with Crippen LogP contribution in [0.15, 0.2) is 53.6 Å². The van der Waals surface area contributed by atoms with Crippen LogP contribution in [0.3, 0.4) is 0 Å². The van der Waals surface area contributed by atoms with Crippen molar-refractivity contribution in [3.05, 3.63) is 70.2 Å². The van der Waals surface area contributed by atoms with E-state index in [0.717, 1.165) is 11.1 Å². The summed E-state index contributed by atoms with van der Waals surface area (Å²) in [5.74, 6) is -2.26. The van der Waals surface area contributed by atoms with Crippen LogP contribution in [-0.4, -0.2) is 46.3 Å². The quantitative estimate of drug-likeness (QED) is 0.579. The van der Waals surface area contributed by atoms with Crippen molar-refractivity contribution in [2.24, 2.45) is 16.9 Å². The molecule has 3 heterocycles. The van der Waals surface area contributed by atoms with Gasteiger partial charge in [0.25, 0.3) is 0 Å². The van der Waals surface area contributed by atoms with Crippen molar-refractivity contribution in [1.82, 2.24) is 9.91 Å². The molecule has 2 saturated heterocycles. The van der Waals surface area contributed by atoms with Gasteiger partial charge >= 0.3 is 0 Å². The Hall–Kier alpha value is -2.99. The van der Waals surface area contributed by atoms with Gasteiger partial charge in [0.1, 0.15) is 6.04 Å². The fourth-order valence-electron chi connectivity index (χ4n) is 4.86. The van der Waals surface area contributed by atoms with E-state index in [2.05, 4.69) is 5.10 Å². The highest BCUT2D eigenvalue weighted by atomic mass is 35.5. The van der Waals surface area contributed by atoms with Gasteiger partial charge < -0.3 is 0 Å². The van der Waals surface area contributed by atoms with Crippen LogP contribution in [0.4, 0.5) is 0 Å². The zero-order valence-corrected chi connectivity index (χ0v) is 16.4. The number of Topliss-reactive ketones (excluding diaryl/α,β-unsaturated/α-hetero) is 1. The molecule has 0 bridgehead atoms. The summed E-state index contributed by atoms with van der Waals surface area (Å²) >= 11 is 6.28. The Morgan fingerprint density at radius 3 is 2.48 bits per heavy atom. The van der Waals surface area contributed by atoms with E-state index >= 15 is 0 Å². The van der Waals surface area contributed by atoms with E-state index in [4.69, 9.17) is 11.6 Å². The van der Waals surface area contributed by atoms with E-state index in [1.54, 1.807) is 42.4 Å². The molecule has 2 aromatic rings. The summed E-state index contributed by atoms with van der Waals surface area (Å²) in [4.78, 5) is 41.1. The minimum absolute atomic E-state index is 0.237. The molecule has 146 valence electrons. The van der Waals surface area contributed by atoms with Crippen molar-refractivity contribution in [1.29, 1.82) is 0 Å². The highest BCUT2D eigenvalue weighted by Crippen LogP contribution is 2.52. The summed E-state index contributed by atoms with van der Waals surface area (Å²) in [6, 6.07) is 13.1. The summed E-state index contributed by atoms with van der Waals surface area (Å²) in [5.41, 5.74) is 2.14. The Morgan fingerprint density at radius 2 is 1.72 bits per heavy atom. The lowest BCUT2D eigenvalue weighted by atomic mass is 9.83. The van der Waals surface area contributed by atoms with Gasteiger partial charge in [-0.05, 0) is 30.2 Å². The van der Waals surface area contributed by atoms with Gasteiger partial charge in [-0.2, -0.15) is 5.10 Å². The molecule has 0 aromatic heterocycles. The minimum atomic E-state index is -0.873.